The van der Waals surface area contributed by atoms with Gasteiger partial charge in [-0.2, -0.15) is 10.5 Å². The van der Waals surface area contributed by atoms with Crippen LogP contribution in [0.4, 0.5) is 10.1 Å². The summed E-state index contributed by atoms with van der Waals surface area (Å²) in [5, 5.41) is 19.4. The molecule has 4 heterocycles. The Bertz CT molecular complexity index is 1600. The largest absolute Gasteiger partial charge is 0.366 e. The Labute approximate surface area is 213 Å². The first kappa shape index (κ1) is 24.1. The van der Waals surface area contributed by atoms with Crippen molar-refractivity contribution in [3.05, 3.63) is 99.5 Å². The van der Waals surface area contributed by atoms with E-state index in [1.165, 1.54) is 16.7 Å². The van der Waals surface area contributed by atoms with E-state index in [0.29, 0.717) is 36.4 Å². The molecule has 2 atom stereocenters. The average molecular weight is 494 g/mol. The minimum absolute atomic E-state index is 0.0121. The first-order chi connectivity index (χ1) is 17.9. The number of benzene rings is 1. The summed E-state index contributed by atoms with van der Waals surface area (Å²) in [6, 6.07) is 19.4. The zero-order chi connectivity index (χ0) is 26.1. The van der Waals surface area contributed by atoms with Crippen molar-refractivity contribution >= 4 is 16.7 Å². The Kier molecular flexibility index (Phi) is 6.39. The molecule has 184 valence electrons. The van der Waals surface area contributed by atoms with Crippen molar-refractivity contribution in [2.24, 2.45) is 7.05 Å². The third kappa shape index (κ3) is 4.31. The Morgan fingerprint density at radius 3 is 2.49 bits per heavy atom. The predicted octanol–water partition coefficient (Wildman–Crippen LogP) is 3.51. The predicted molar refractivity (Wildman–Crippen MR) is 137 cm³/mol. The lowest BCUT2D eigenvalue weighted by Gasteiger charge is -2.45. The minimum atomic E-state index is -0.399. The van der Waals surface area contributed by atoms with E-state index in [4.69, 9.17) is 0 Å². The zero-order valence-corrected chi connectivity index (χ0v) is 20.5. The quantitative estimate of drug-likeness (QED) is 0.429. The highest BCUT2D eigenvalue weighted by Crippen LogP contribution is 2.34. The Hall–Kier alpha value is -4.60. The molecule has 0 aliphatic carbocycles. The van der Waals surface area contributed by atoms with E-state index in [1.807, 2.05) is 23.1 Å². The Morgan fingerprint density at radius 2 is 1.84 bits per heavy atom. The normalized spacial score (nSPS) is 16.8. The lowest BCUT2D eigenvalue weighted by atomic mass is 9.97. The van der Waals surface area contributed by atoms with Crippen LogP contribution in [0.3, 0.4) is 0 Å². The van der Waals surface area contributed by atoms with Crippen LogP contribution in [0.5, 0.6) is 0 Å². The van der Waals surface area contributed by atoms with Gasteiger partial charge in [-0.25, -0.2) is 9.37 Å². The third-order valence-electron chi connectivity index (χ3n) is 6.92. The molecular weight excluding hydrogens is 469 g/mol. The van der Waals surface area contributed by atoms with Gasteiger partial charge in [0.05, 0.1) is 22.9 Å². The summed E-state index contributed by atoms with van der Waals surface area (Å²) in [7, 11) is 1.60. The molecule has 1 aromatic carbocycles. The summed E-state index contributed by atoms with van der Waals surface area (Å²) in [6.45, 7) is 3.71. The molecule has 0 bridgehead atoms. The SMILES string of the molecule is C[C@@H]1CN(c2c(C#N)c(=O)n(C)c3ccc(C#N)nc23)CCN1C(c1ccc(F)cc1)c1ccccn1. The van der Waals surface area contributed by atoms with E-state index in [9.17, 15) is 19.7 Å². The highest BCUT2D eigenvalue weighted by molar-refractivity contribution is 5.92. The van der Waals surface area contributed by atoms with Gasteiger partial charge >= 0.3 is 0 Å². The number of fused-ring (bicyclic) bond motifs is 1. The van der Waals surface area contributed by atoms with Crippen LogP contribution in [0.15, 0.2) is 65.6 Å². The van der Waals surface area contributed by atoms with Gasteiger partial charge in [-0.3, -0.25) is 14.7 Å². The monoisotopic (exact) mass is 493 g/mol. The lowest BCUT2D eigenvalue weighted by Crippen LogP contribution is -2.53. The third-order valence-corrected chi connectivity index (χ3v) is 6.92. The van der Waals surface area contributed by atoms with E-state index in [2.05, 4.69) is 33.9 Å². The Balaban J connectivity index is 1.56. The molecule has 1 fully saturated rings. The molecule has 9 heteroatoms. The Morgan fingerprint density at radius 1 is 1.05 bits per heavy atom. The van der Waals surface area contributed by atoms with Crippen LogP contribution in [0.1, 0.15) is 35.5 Å². The molecule has 0 amide bonds. The molecular formula is C28H24FN7O. The van der Waals surface area contributed by atoms with E-state index in [1.54, 1.807) is 37.5 Å². The molecule has 1 saturated heterocycles. The first-order valence-electron chi connectivity index (χ1n) is 11.9. The fraction of sp³-hybridized carbons (Fsp3) is 0.250. The van der Waals surface area contributed by atoms with E-state index in [-0.39, 0.29) is 29.2 Å². The maximum Gasteiger partial charge on any atom is 0.270 e. The number of rotatable bonds is 4. The maximum absolute atomic E-state index is 13.7. The number of aryl methyl sites for hydroxylation is 1. The molecule has 0 saturated carbocycles. The fourth-order valence-corrected chi connectivity index (χ4v) is 5.14. The molecule has 1 aliphatic rings. The number of anilines is 1. The number of pyridine rings is 3. The van der Waals surface area contributed by atoms with Crippen LogP contribution < -0.4 is 10.5 Å². The molecule has 0 spiro atoms. The topological polar surface area (TPSA) is 102 Å². The molecule has 37 heavy (non-hydrogen) atoms. The van der Waals surface area contributed by atoms with Crippen molar-refractivity contribution in [1.82, 2.24) is 19.4 Å². The summed E-state index contributed by atoms with van der Waals surface area (Å²) < 4.78 is 15.1. The van der Waals surface area contributed by atoms with Crippen molar-refractivity contribution in [2.45, 2.75) is 19.0 Å². The molecule has 0 radical (unpaired) electrons. The van der Waals surface area contributed by atoms with Crippen LogP contribution in [-0.4, -0.2) is 45.1 Å². The van der Waals surface area contributed by atoms with Gasteiger partial charge in [-0.1, -0.05) is 18.2 Å². The van der Waals surface area contributed by atoms with E-state index >= 15 is 0 Å². The number of piperazine rings is 1. The van der Waals surface area contributed by atoms with Crippen LogP contribution in [0.25, 0.3) is 11.0 Å². The maximum atomic E-state index is 13.7. The molecule has 3 aromatic heterocycles. The zero-order valence-electron chi connectivity index (χ0n) is 20.5. The number of nitriles is 2. The van der Waals surface area contributed by atoms with Gasteiger partial charge in [0.25, 0.3) is 5.56 Å². The lowest BCUT2D eigenvalue weighted by molar-refractivity contribution is 0.147. The van der Waals surface area contributed by atoms with Crippen LogP contribution in [-0.2, 0) is 7.05 Å². The van der Waals surface area contributed by atoms with E-state index in [0.717, 1.165) is 11.3 Å². The minimum Gasteiger partial charge on any atom is -0.366 e. The molecule has 1 unspecified atom stereocenters. The number of aromatic nitrogens is 3. The summed E-state index contributed by atoms with van der Waals surface area (Å²) in [4.78, 5) is 26.5. The van der Waals surface area contributed by atoms with Crippen LogP contribution >= 0.6 is 0 Å². The van der Waals surface area contributed by atoms with Gasteiger partial charge in [0, 0.05) is 38.9 Å². The molecule has 5 rings (SSSR count). The van der Waals surface area contributed by atoms with Crippen molar-refractivity contribution in [2.75, 3.05) is 24.5 Å². The second kappa shape index (κ2) is 9.81. The second-order valence-corrected chi connectivity index (χ2v) is 9.12. The van der Waals surface area contributed by atoms with E-state index < -0.39 is 5.56 Å². The number of hydrogen-bond donors (Lipinski definition) is 0. The van der Waals surface area contributed by atoms with Gasteiger partial charge in [0.15, 0.2) is 0 Å². The van der Waals surface area contributed by atoms with Crippen LogP contribution in [0, 0.1) is 28.5 Å². The molecule has 8 nitrogen and oxygen atoms in total. The summed E-state index contributed by atoms with van der Waals surface area (Å²) >= 11 is 0. The standard InChI is InChI=1S/C28H24FN7O/c1-18-17-35(27-22(16-31)28(37)34(2)24-11-10-21(15-30)33-25(24)27)13-14-36(18)26(23-5-3-4-12-32-23)19-6-8-20(29)9-7-19/h3-12,18,26H,13-14,17H2,1-2H3/t18-,26?/m1/s1. The number of hydrogen-bond acceptors (Lipinski definition) is 7. The van der Waals surface area contributed by atoms with Crippen molar-refractivity contribution in [3.8, 4) is 12.1 Å². The molecule has 4 aromatic rings. The van der Waals surface area contributed by atoms with Crippen molar-refractivity contribution in [3.63, 3.8) is 0 Å². The highest BCUT2D eigenvalue weighted by Gasteiger charge is 2.34. The number of halogens is 1. The van der Waals surface area contributed by atoms with Crippen LogP contribution in [0.2, 0.25) is 0 Å². The summed E-state index contributed by atoms with van der Waals surface area (Å²) in [6.07, 6.45) is 1.75. The van der Waals surface area contributed by atoms with Gasteiger partial charge in [-0.15, -0.1) is 0 Å². The van der Waals surface area contributed by atoms with Gasteiger partial charge in [0.1, 0.15) is 34.7 Å². The molecule has 1 aliphatic heterocycles. The highest BCUT2D eigenvalue weighted by atomic mass is 19.1. The second-order valence-electron chi connectivity index (χ2n) is 9.12. The average Bonchev–Trinajstić information content (AvgIpc) is 2.93. The molecule has 0 N–H and O–H groups in total. The smallest absolute Gasteiger partial charge is 0.270 e. The van der Waals surface area contributed by atoms with Crippen molar-refractivity contribution < 1.29 is 4.39 Å². The van der Waals surface area contributed by atoms with Gasteiger partial charge in [-0.05, 0) is 48.9 Å². The number of nitrogens with zero attached hydrogens (tertiary/aromatic N) is 7. The van der Waals surface area contributed by atoms with Crippen molar-refractivity contribution in [1.29, 1.82) is 10.5 Å². The summed E-state index contributed by atoms with van der Waals surface area (Å²) in [5.41, 5.74) is 3.09. The first-order valence-corrected chi connectivity index (χ1v) is 11.9. The summed E-state index contributed by atoms with van der Waals surface area (Å²) in [5.74, 6) is -0.299. The van der Waals surface area contributed by atoms with Gasteiger partial charge in [0.2, 0.25) is 0 Å². The fourth-order valence-electron chi connectivity index (χ4n) is 5.14. The van der Waals surface area contributed by atoms with Gasteiger partial charge < -0.3 is 9.47 Å².